The van der Waals surface area contributed by atoms with E-state index in [0.717, 1.165) is 4.90 Å². The Morgan fingerprint density at radius 2 is 1.59 bits per heavy atom. The molecule has 1 aromatic carbocycles. The van der Waals surface area contributed by atoms with Crippen LogP contribution in [-0.2, 0) is 19.3 Å². The van der Waals surface area contributed by atoms with Gasteiger partial charge >= 0.3 is 6.09 Å². The molecule has 2 aliphatic rings. The van der Waals surface area contributed by atoms with E-state index in [2.05, 4.69) is 0 Å². The van der Waals surface area contributed by atoms with Crippen molar-refractivity contribution in [3.8, 4) is 0 Å². The molecule has 0 saturated carbocycles. The van der Waals surface area contributed by atoms with Gasteiger partial charge in [0.2, 0.25) is 0 Å². The molecule has 0 radical (unpaired) electrons. The summed E-state index contributed by atoms with van der Waals surface area (Å²) in [4.78, 5) is 27.3. The standard InChI is InChI=1S/C19H24F3N3O6S/c1-3-31-19(27)25-6-4-24(5-7-25)18(26)12-13(20)15(22)17-16(14(12)21)23(8-10-30-2)9-11-32(17,28)29/h3-11H2,1-2H3. The van der Waals surface area contributed by atoms with Gasteiger partial charge in [-0.3, -0.25) is 4.79 Å². The number of hydrogen-bond acceptors (Lipinski definition) is 7. The number of hydrogen-bond donors (Lipinski definition) is 0. The lowest BCUT2D eigenvalue weighted by Gasteiger charge is -2.35. The van der Waals surface area contributed by atoms with Crippen LogP contribution in [0.4, 0.5) is 23.7 Å². The molecule has 0 aliphatic carbocycles. The van der Waals surface area contributed by atoms with Gasteiger partial charge in [-0.15, -0.1) is 0 Å². The van der Waals surface area contributed by atoms with E-state index in [1.807, 2.05) is 0 Å². The highest BCUT2D eigenvalue weighted by atomic mass is 32.2. The van der Waals surface area contributed by atoms with Crippen molar-refractivity contribution in [3.63, 3.8) is 0 Å². The van der Waals surface area contributed by atoms with Crippen LogP contribution in [0.5, 0.6) is 0 Å². The number of amides is 2. The molecule has 0 spiro atoms. The second-order valence-electron chi connectivity index (χ2n) is 7.27. The zero-order valence-corrected chi connectivity index (χ0v) is 18.5. The van der Waals surface area contributed by atoms with Gasteiger partial charge in [0, 0.05) is 46.4 Å². The van der Waals surface area contributed by atoms with E-state index >= 15 is 4.39 Å². The zero-order chi connectivity index (χ0) is 23.6. The molecule has 13 heteroatoms. The second kappa shape index (κ2) is 9.53. The topological polar surface area (TPSA) is 96.5 Å². The summed E-state index contributed by atoms with van der Waals surface area (Å²) >= 11 is 0. The summed E-state index contributed by atoms with van der Waals surface area (Å²) in [6.07, 6.45) is -0.573. The Kier molecular flexibility index (Phi) is 7.18. The Labute approximate surface area is 183 Å². The lowest BCUT2D eigenvalue weighted by molar-refractivity contribution is 0.0561. The minimum absolute atomic E-state index is 0.0207. The molecule has 2 amide bonds. The molecule has 0 N–H and O–H groups in total. The van der Waals surface area contributed by atoms with Crippen LogP contribution in [0.1, 0.15) is 17.3 Å². The molecule has 2 heterocycles. The van der Waals surface area contributed by atoms with Gasteiger partial charge in [0.25, 0.3) is 5.91 Å². The van der Waals surface area contributed by atoms with E-state index in [4.69, 9.17) is 9.47 Å². The Morgan fingerprint density at radius 3 is 2.19 bits per heavy atom. The van der Waals surface area contributed by atoms with Crippen LogP contribution in [0.25, 0.3) is 0 Å². The molecule has 0 unspecified atom stereocenters. The van der Waals surface area contributed by atoms with Crippen molar-refractivity contribution in [2.45, 2.75) is 11.8 Å². The van der Waals surface area contributed by atoms with Crippen LogP contribution in [0.3, 0.4) is 0 Å². The maximum absolute atomic E-state index is 15.4. The number of benzene rings is 1. The van der Waals surface area contributed by atoms with Crippen molar-refractivity contribution in [2.75, 3.05) is 70.2 Å². The Balaban J connectivity index is 1.97. The number of fused-ring (bicyclic) bond motifs is 1. The molecule has 1 fully saturated rings. The van der Waals surface area contributed by atoms with E-state index in [-0.39, 0.29) is 52.5 Å². The predicted octanol–water partition coefficient (Wildman–Crippen LogP) is 1.26. The fourth-order valence-electron chi connectivity index (χ4n) is 3.72. The summed E-state index contributed by atoms with van der Waals surface area (Å²) in [7, 11) is -2.90. The number of halogens is 3. The third-order valence-corrected chi connectivity index (χ3v) is 7.10. The van der Waals surface area contributed by atoms with E-state index in [0.29, 0.717) is 0 Å². The van der Waals surface area contributed by atoms with Gasteiger partial charge in [-0.2, -0.15) is 0 Å². The number of methoxy groups -OCH3 is 1. The number of ether oxygens (including phenoxy) is 2. The summed E-state index contributed by atoms with van der Waals surface area (Å²) in [5, 5.41) is 0. The fourth-order valence-corrected chi connectivity index (χ4v) is 5.26. The highest BCUT2D eigenvalue weighted by molar-refractivity contribution is 7.91. The van der Waals surface area contributed by atoms with Crippen LogP contribution < -0.4 is 4.90 Å². The minimum Gasteiger partial charge on any atom is -0.450 e. The molecule has 178 valence electrons. The summed E-state index contributed by atoms with van der Waals surface area (Å²) < 4.78 is 79.7. The lowest BCUT2D eigenvalue weighted by Crippen LogP contribution is -2.51. The maximum atomic E-state index is 15.4. The van der Waals surface area contributed by atoms with Crippen molar-refractivity contribution in [1.29, 1.82) is 0 Å². The normalized spacial score (nSPS) is 17.8. The maximum Gasteiger partial charge on any atom is 0.409 e. The van der Waals surface area contributed by atoms with E-state index in [1.54, 1.807) is 6.92 Å². The number of nitrogens with zero attached hydrogens (tertiary/aromatic N) is 3. The number of piperazine rings is 1. The van der Waals surface area contributed by atoms with Crippen LogP contribution in [0, 0.1) is 17.5 Å². The molecule has 2 aliphatic heterocycles. The third-order valence-electron chi connectivity index (χ3n) is 5.38. The van der Waals surface area contributed by atoms with Gasteiger partial charge in [0.15, 0.2) is 27.3 Å². The van der Waals surface area contributed by atoms with Crippen molar-refractivity contribution in [2.24, 2.45) is 0 Å². The third kappa shape index (κ3) is 4.35. The van der Waals surface area contributed by atoms with E-state index < -0.39 is 61.2 Å². The first-order chi connectivity index (χ1) is 15.1. The number of sulfone groups is 1. The van der Waals surface area contributed by atoms with Gasteiger partial charge in [0.1, 0.15) is 10.5 Å². The van der Waals surface area contributed by atoms with Crippen LogP contribution in [0.15, 0.2) is 4.90 Å². The number of rotatable bonds is 5. The highest BCUT2D eigenvalue weighted by Crippen LogP contribution is 2.39. The van der Waals surface area contributed by atoms with Crippen molar-refractivity contribution in [1.82, 2.24) is 9.80 Å². The number of carbonyl (C=O) groups is 2. The molecular formula is C19H24F3N3O6S. The average molecular weight is 479 g/mol. The first kappa shape index (κ1) is 24.1. The zero-order valence-electron chi connectivity index (χ0n) is 17.7. The van der Waals surface area contributed by atoms with Crippen molar-refractivity contribution >= 4 is 27.5 Å². The first-order valence-electron chi connectivity index (χ1n) is 10.0. The summed E-state index contributed by atoms with van der Waals surface area (Å²) in [6.45, 7) is 1.78. The SMILES string of the molecule is CCOC(=O)N1CCN(C(=O)c2c(F)c(F)c3c(c2F)N(CCOC)CCS3(=O)=O)CC1. The van der Waals surface area contributed by atoms with Crippen LogP contribution in [0.2, 0.25) is 0 Å². The van der Waals surface area contributed by atoms with Crippen LogP contribution >= 0.6 is 0 Å². The Hall–Kier alpha value is -2.54. The molecule has 32 heavy (non-hydrogen) atoms. The molecule has 0 bridgehead atoms. The molecule has 1 aromatic rings. The van der Waals surface area contributed by atoms with Gasteiger partial charge in [-0.1, -0.05) is 0 Å². The largest absolute Gasteiger partial charge is 0.450 e. The molecular weight excluding hydrogens is 455 g/mol. The summed E-state index contributed by atoms with van der Waals surface area (Å²) in [5.74, 6) is -6.72. The molecule has 0 aromatic heterocycles. The monoisotopic (exact) mass is 479 g/mol. The first-order valence-corrected chi connectivity index (χ1v) is 11.7. The molecule has 9 nitrogen and oxygen atoms in total. The van der Waals surface area contributed by atoms with E-state index in [1.165, 1.54) is 16.9 Å². The lowest BCUT2D eigenvalue weighted by atomic mass is 10.1. The van der Waals surface area contributed by atoms with E-state index in [9.17, 15) is 26.8 Å². The molecule has 0 atom stereocenters. The summed E-state index contributed by atoms with van der Waals surface area (Å²) in [5.41, 5.74) is -1.83. The smallest absolute Gasteiger partial charge is 0.409 e. The highest BCUT2D eigenvalue weighted by Gasteiger charge is 2.41. The van der Waals surface area contributed by atoms with Gasteiger partial charge in [-0.25, -0.2) is 26.4 Å². The van der Waals surface area contributed by atoms with Crippen molar-refractivity contribution < 1.29 is 40.7 Å². The molecule has 1 saturated heterocycles. The second-order valence-corrected chi connectivity index (χ2v) is 9.32. The number of carbonyl (C=O) groups excluding carboxylic acids is 2. The summed E-state index contributed by atoms with van der Waals surface area (Å²) in [6, 6.07) is 0. The van der Waals surface area contributed by atoms with Gasteiger partial charge < -0.3 is 24.2 Å². The van der Waals surface area contributed by atoms with Crippen LogP contribution in [-0.4, -0.2) is 95.6 Å². The van der Waals surface area contributed by atoms with Gasteiger partial charge in [-0.05, 0) is 6.92 Å². The van der Waals surface area contributed by atoms with Crippen molar-refractivity contribution in [3.05, 3.63) is 23.0 Å². The fraction of sp³-hybridized carbons (Fsp3) is 0.579. The number of anilines is 1. The molecule has 3 rings (SSSR count). The predicted molar refractivity (Wildman–Crippen MR) is 107 cm³/mol. The average Bonchev–Trinajstić information content (AvgIpc) is 2.76. The quantitative estimate of drug-likeness (QED) is 0.587. The minimum atomic E-state index is -4.29. The Morgan fingerprint density at radius 1 is 0.969 bits per heavy atom. The Bertz CT molecular complexity index is 1010. The van der Waals surface area contributed by atoms with Gasteiger partial charge in [0.05, 0.1) is 24.7 Å².